The zero-order chi connectivity index (χ0) is 25.1. The quantitative estimate of drug-likeness (QED) is 0.457. The SMILES string of the molecule is COC(=O)c1cc2c(c(-c3ccc(F)cc3C)c1)CCCN(Cc1cc(OC)cc(OC)c1)C2=O. The molecular formula is C28H28FNO5. The number of benzene rings is 3. The van der Waals surface area contributed by atoms with E-state index in [9.17, 15) is 14.0 Å². The molecule has 7 heteroatoms. The summed E-state index contributed by atoms with van der Waals surface area (Å²) in [6.45, 7) is 2.72. The first kappa shape index (κ1) is 24.3. The van der Waals surface area contributed by atoms with Crippen LogP contribution in [0.4, 0.5) is 4.39 Å². The zero-order valence-electron chi connectivity index (χ0n) is 20.3. The number of halogens is 1. The van der Waals surface area contributed by atoms with Gasteiger partial charge in [0.2, 0.25) is 0 Å². The van der Waals surface area contributed by atoms with E-state index in [-0.39, 0.29) is 17.3 Å². The lowest BCUT2D eigenvalue weighted by Crippen LogP contribution is -2.30. The summed E-state index contributed by atoms with van der Waals surface area (Å²) in [5.74, 6) is 0.242. The zero-order valence-corrected chi connectivity index (χ0v) is 20.3. The molecule has 0 aromatic heterocycles. The minimum absolute atomic E-state index is 0.175. The molecule has 1 aliphatic rings. The molecule has 0 unspecified atom stereocenters. The fraction of sp³-hybridized carbons (Fsp3) is 0.286. The second-order valence-corrected chi connectivity index (χ2v) is 8.55. The number of ether oxygens (including phenoxy) is 3. The van der Waals surface area contributed by atoms with Gasteiger partial charge in [0.1, 0.15) is 17.3 Å². The molecule has 0 saturated carbocycles. The van der Waals surface area contributed by atoms with Crippen molar-refractivity contribution in [2.24, 2.45) is 0 Å². The van der Waals surface area contributed by atoms with E-state index in [2.05, 4.69) is 0 Å². The number of rotatable bonds is 6. The van der Waals surface area contributed by atoms with Gasteiger partial charge < -0.3 is 19.1 Å². The van der Waals surface area contributed by atoms with Gasteiger partial charge in [-0.3, -0.25) is 4.79 Å². The van der Waals surface area contributed by atoms with Crippen LogP contribution < -0.4 is 9.47 Å². The first-order chi connectivity index (χ1) is 16.8. The molecule has 35 heavy (non-hydrogen) atoms. The van der Waals surface area contributed by atoms with Crippen LogP contribution >= 0.6 is 0 Å². The van der Waals surface area contributed by atoms with Gasteiger partial charge in [-0.25, -0.2) is 9.18 Å². The normalized spacial score (nSPS) is 13.2. The van der Waals surface area contributed by atoms with Crippen LogP contribution in [-0.4, -0.2) is 44.7 Å². The van der Waals surface area contributed by atoms with Crippen molar-refractivity contribution in [1.29, 1.82) is 0 Å². The second-order valence-electron chi connectivity index (χ2n) is 8.55. The Labute approximate surface area is 204 Å². The fourth-order valence-corrected chi connectivity index (χ4v) is 4.58. The lowest BCUT2D eigenvalue weighted by atomic mass is 9.88. The van der Waals surface area contributed by atoms with Gasteiger partial charge >= 0.3 is 5.97 Å². The Morgan fingerprint density at radius 3 is 2.26 bits per heavy atom. The van der Waals surface area contributed by atoms with E-state index < -0.39 is 5.97 Å². The highest BCUT2D eigenvalue weighted by molar-refractivity contribution is 6.02. The van der Waals surface area contributed by atoms with E-state index in [1.807, 2.05) is 19.1 Å². The van der Waals surface area contributed by atoms with Crippen LogP contribution in [0.2, 0.25) is 0 Å². The first-order valence-corrected chi connectivity index (χ1v) is 11.4. The van der Waals surface area contributed by atoms with Crippen molar-refractivity contribution in [3.8, 4) is 22.6 Å². The molecule has 0 N–H and O–H groups in total. The third kappa shape index (κ3) is 4.99. The van der Waals surface area contributed by atoms with Crippen LogP contribution in [0, 0.1) is 12.7 Å². The van der Waals surface area contributed by atoms with Crippen molar-refractivity contribution in [3.05, 3.63) is 82.2 Å². The summed E-state index contributed by atoms with van der Waals surface area (Å²) >= 11 is 0. The smallest absolute Gasteiger partial charge is 0.337 e. The summed E-state index contributed by atoms with van der Waals surface area (Å²) < 4.78 is 29.5. The van der Waals surface area contributed by atoms with Crippen molar-refractivity contribution in [3.63, 3.8) is 0 Å². The van der Waals surface area contributed by atoms with Gasteiger partial charge in [0.15, 0.2) is 0 Å². The van der Waals surface area contributed by atoms with E-state index in [1.165, 1.54) is 19.2 Å². The summed E-state index contributed by atoms with van der Waals surface area (Å²) in [6, 6.07) is 13.4. The van der Waals surface area contributed by atoms with Crippen molar-refractivity contribution in [1.82, 2.24) is 4.90 Å². The lowest BCUT2D eigenvalue weighted by Gasteiger charge is -2.22. The molecule has 1 heterocycles. The third-order valence-corrected chi connectivity index (χ3v) is 6.31. The number of hydrogen-bond donors (Lipinski definition) is 0. The molecule has 1 amide bonds. The van der Waals surface area contributed by atoms with Gasteiger partial charge in [-0.2, -0.15) is 0 Å². The van der Waals surface area contributed by atoms with Gasteiger partial charge in [-0.15, -0.1) is 0 Å². The Kier molecular flexibility index (Phi) is 7.05. The maximum atomic E-state index is 13.8. The highest BCUT2D eigenvalue weighted by atomic mass is 19.1. The van der Waals surface area contributed by atoms with E-state index >= 15 is 0 Å². The van der Waals surface area contributed by atoms with Crippen LogP contribution in [0.5, 0.6) is 11.5 Å². The molecule has 3 aromatic carbocycles. The van der Waals surface area contributed by atoms with E-state index in [0.717, 1.165) is 34.2 Å². The van der Waals surface area contributed by atoms with Crippen LogP contribution in [-0.2, 0) is 17.7 Å². The average Bonchev–Trinajstić information content (AvgIpc) is 3.01. The van der Waals surface area contributed by atoms with E-state index in [0.29, 0.717) is 36.6 Å². The fourth-order valence-electron chi connectivity index (χ4n) is 4.58. The van der Waals surface area contributed by atoms with E-state index in [4.69, 9.17) is 14.2 Å². The standard InChI is InChI=1S/C28H28FNO5/c1-17-10-20(29)7-8-23(17)25-13-19(28(32)35-4)14-26-24(25)6-5-9-30(27(26)31)16-18-11-21(33-2)15-22(12-18)34-3/h7-8,10-15H,5-6,9,16H2,1-4H3. The van der Waals surface area contributed by atoms with Gasteiger partial charge in [0, 0.05) is 24.7 Å². The Hall–Kier alpha value is -3.87. The number of hydrogen-bond acceptors (Lipinski definition) is 5. The van der Waals surface area contributed by atoms with Crippen LogP contribution in [0.1, 0.15) is 43.8 Å². The number of carbonyl (C=O) groups excluding carboxylic acids is 2. The third-order valence-electron chi connectivity index (χ3n) is 6.31. The molecule has 4 rings (SSSR count). The lowest BCUT2D eigenvalue weighted by molar-refractivity contribution is 0.0600. The summed E-state index contributed by atoms with van der Waals surface area (Å²) in [5, 5.41) is 0. The highest BCUT2D eigenvalue weighted by Gasteiger charge is 2.27. The number of methoxy groups -OCH3 is 3. The van der Waals surface area contributed by atoms with Crippen molar-refractivity contribution >= 4 is 11.9 Å². The Balaban J connectivity index is 1.80. The van der Waals surface area contributed by atoms with Crippen molar-refractivity contribution in [2.45, 2.75) is 26.3 Å². The summed E-state index contributed by atoms with van der Waals surface area (Å²) in [6.07, 6.45) is 1.39. The van der Waals surface area contributed by atoms with Gasteiger partial charge in [-0.05, 0) is 84.0 Å². The largest absolute Gasteiger partial charge is 0.497 e. The predicted octanol–water partition coefficient (Wildman–Crippen LogP) is 5.19. The Bertz CT molecular complexity index is 1260. The summed E-state index contributed by atoms with van der Waals surface area (Å²) in [5.41, 5.74) is 4.72. The number of amides is 1. The molecule has 0 radical (unpaired) electrons. The molecule has 0 fully saturated rings. The first-order valence-electron chi connectivity index (χ1n) is 11.4. The average molecular weight is 478 g/mol. The molecule has 0 spiro atoms. The molecule has 3 aromatic rings. The maximum absolute atomic E-state index is 13.8. The minimum atomic E-state index is -0.532. The molecule has 182 valence electrons. The predicted molar refractivity (Wildman–Crippen MR) is 131 cm³/mol. The summed E-state index contributed by atoms with van der Waals surface area (Å²) in [7, 11) is 4.47. The highest BCUT2D eigenvalue weighted by Crippen LogP contribution is 2.35. The molecule has 0 aliphatic carbocycles. The molecular weight excluding hydrogens is 449 g/mol. The maximum Gasteiger partial charge on any atom is 0.337 e. The number of fused-ring (bicyclic) bond motifs is 1. The number of esters is 1. The molecule has 6 nitrogen and oxygen atoms in total. The number of nitrogens with zero attached hydrogens (tertiary/aromatic N) is 1. The van der Waals surface area contributed by atoms with Gasteiger partial charge in [0.25, 0.3) is 5.91 Å². The van der Waals surface area contributed by atoms with Crippen LogP contribution in [0.15, 0.2) is 48.5 Å². The monoisotopic (exact) mass is 477 g/mol. The molecule has 0 saturated heterocycles. The Morgan fingerprint density at radius 2 is 1.63 bits per heavy atom. The van der Waals surface area contributed by atoms with Gasteiger partial charge in [-0.1, -0.05) is 6.07 Å². The van der Waals surface area contributed by atoms with Crippen molar-refractivity contribution < 1.29 is 28.2 Å². The van der Waals surface area contributed by atoms with Crippen LogP contribution in [0.25, 0.3) is 11.1 Å². The topological polar surface area (TPSA) is 65.1 Å². The molecule has 1 aliphatic heterocycles. The molecule has 0 bridgehead atoms. The van der Waals surface area contributed by atoms with E-state index in [1.54, 1.807) is 43.4 Å². The van der Waals surface area contributed by atoms with Gasteiger partial charge in [0.05, 0.1) is 26.9 Å². The van der Waals surface area contributed by atoms with Crippen LogP contribution in [0.3, 0.4) is 0 Å². The van der Waals surface area contributed by atoms with Crippen molar-refractivity contribution in [2.75, 3.05) is 27.9 Å². The second kappa shape index (κ2) is 10.2. The number of carbonyl (C=O) groups is 2. The summed E-state index contributed by atoms with van der Waals surface area (Å²) in [4.78, 5) is 28.0. The Morgan fingerprint density at radius 1 is 0.943 bits per heavy atom. The molecule has 0 atom stereocenters. The minimum Gasteiger partial charge on any atom is -0.497 e. The number of aryl methyl sites for hydroxylation is 1.